The summed E-state index contributed by atoms with van der Waals surface area (Å²) in [7, 11) is 0. The van der Waals surface area contributed by atoms with E-state index in [1.165, 1.54) is 14.7 Å². The average Bonchev–Trinajstić information content (AvgIpc) is 2.67. The smallest absolute Gasteiger partial charge is 0.381 e. The summed E-state index contributed by atoms with van der Waals surface area (Å²) < 4.78 is 78.4. The number of aliphatic hydroxyl groups excluding tert-OH is 4. The van der Waals surface area contributed by atoms with Gasteiger partial charge in [-0.15, -0.1) is 0 Å². The fourth-order valence-electron chi connectivity index (χ4n) is 2.58. The van der Waals surface area contributed by atoms with E-state index in [1.807, 2.05) is 0 Å². The zero-order valence-corrected chi connectivity index (χ0v) is 16.0. The van der Waals surface area contributed by atoms with Gasteiger partial charge in [0.15, 0.2) is 0 Å². The molecular formula is C17H25F6N3O4. The van der Waals surface area contributed by atoms with Crippen molar-refractivity contribution in [1.29, 1.82) is 0 Å². The van der Waals surface area contributed by atoms with Gasteiger partial charge in [0.25, 0.3) is 0 Å². The monoisotopic (exact) mass is 449 g/mol. The lowest BCUT2D eigenvalue weighted by Crippen LogP contribution is -2.40. The molecule has 0 saturated carbocycles. The molecule has 0 heterocycles. The summed E-state index contributed by atoms with van der Waals surface area (Å²) in [5.41, 5.74) is -3.07. The molecular weight excluding hydrogens is 424 g/mol. The van der Waals surface area contributed by atoms with Crippen molar-refractivity contribution in [2.24, 2.45) is 0 Å². The maximum absolute atomic E-state index is 13.1. The van der Waals surface area contributed by atoms with Gasteiger partial charge in [0, 0.05) is 32.7 Å². The van der Waals surface area contributed by atoms with Crippen LogP contribution in [0.1, 0.15) is 16.7 Å². The van der Waals surface area contributed by atoms with Gasteiger partial charge in [-0.25, -0.2) is 0 Å². The highest BCUT2D eigenvalue weighted by Crippen LogP contribution is 2.36. The van der Waals surface area contributed by atoms with Crippen molar-refractivity contribution in [2.75, 3.05) is 53.1 Å². The van der Waals surface area contributed by atoms with Gasteiger partial charge in [-0.05, 0) is 23.8 Å². The van der Waals surface area contributed by atoms with E-state index in [0.717, 1.165) is 0 Å². The summed E-state index contributed by atoms with van der Waals surface area (Å²) in [5.74, 6) is 0. The predicted molar refractivity (Wildman–Crippen MR) is 93.5 cm³/mol. The SMILES string of the molecule is OCN(CO)CCN(CCN(CO)CO)Cc1cc(C(F)(F)F)cc(C(F)(F)F)c1. The highest BCUT2D eigenvalue weighted by molar-refractivity contribution is 5.33. The Morgan fingerprint density at radius 1 is 0.567 bits per heavy atom. The van der Waals surface area contributed by atoms with Crippen molar-refractivity contribution in [3.8, 4) is 0 Å². The molecule has 0 radical (unpaired) electrons. The van der Waals surface area contributed by atoms with Crippen LogP contribution in [0.25, 0.3) is 0 Å². The summed E-state index contributed by atoms with van der Waals surface area (Å²) in [5, 5.41) is 36.4. The molecule has 0 unspecified atom stereocenters. The van der Waals surface area contributed by atoms with E-state index in [9.17, 15) is 26.3 Å². The van der Waals surface area contributed by atoms with E-state index in [2.05, 4.69) is 0 Å². The molecule has 1 rings (SSSR count). The van der Waals surface area contributed by atoms with Gasteiger partial charge in [-0.2, -0.15) is 26.3 Å². The van der Waals surface area contributed by atoms with Crippen molar-refractivity contribution in [3.63, 3.8) is 0 Å². The van der Waals surface area contributed by atoms with E-state index < -0.39 is 50.4 Å². The van der Waals surface area contributed by atoms with Gasteiger partial charge < -0.3 is 20.4 Å². The lowest BCUT2D eigenvalue weighted by Gasteiger charge is -2.28. The third-order valence-corrected chi connectivity index (χ3v) is 4.32. The molecule has 0 aliphatic rings. The minimum absolute atomic E-state index is 0.0480. The minimum atomic E-state index is -4.96. The molecule has 0 bridgehead atoms. The molecule has 13 heteroatoms. The van der Waals surface area contributed by atoms with Crippen LogP contribution in [0.15, 0.2) is 18.2 Å². The molecule has 0 amide bonds. The van der Waals surface area contributed by atoms with Crippen LogP contribution in [0.2, 0.25) is 0 Å². The zero-order valence-electron chi connectivity index (χ0n) is 16.0. The second-order valence-corrected chi connectivity index (χ2v) is 6.54. The summed E-state index contributed by atoms with van der Waals surface area (Å²) in [6.45, 7) is -1.93. The topological polar surface area (TPSA) is 90.6 Å². The molecule has 0 fully saturated rings. The quantitative estimate of drug-likeness (QED) is 0.279. The van der Waals surface area contributed by atoms with Crippen LogP contribution in [0.3, 0.4) is 0 Å². The molecule has 1 aromatic carbocycles. The average molecular weight is 449 g/mol. The van der Waals surface area contributed by atoms with E-state index in [-0.39, 0.29) is 44.4 Å². The Balaban J connectivity index is 3.12. The number of nitrogens with zero attached hydrogens (tertiary/aromatic N) is 3. The highest BCUT2D eigenvalue weighted by atomic mass is 19.4. The van der Waals surface area contributed by atoms with Crippen LogP contribution in [0.4, 0.5) is 26.3 Å². The normalized spacial score (nSPS) is 13.1. The van der Waals surface area contributed by atoms with E-state index in [0.29, 0.717) is 12.1 Å². The van der Waals surface area contributed by atoms with E-state index in [1.54, 1.807) is 0 Å². The Labute approximate surface area is 169 Å². The number of halogens is 6. The largest absolute Gasteiger partial charge is 0.416 e. The van der Waals surface area contributed by atoms with Crippen molar-refractivity contribution in [2.45, 2.75) is 18.9 Å². The van der Waals surface area contributed by atoms with Crippen molar-refractivity contribution >= 4 is 0 Å². The van der Waals surface area contributed by atoms with Crippen LogP contribution in [-0.2, 0) is 18.9 Å². The molecule has 174 valence electrons. The fourth-order valence-corrected chi connectivity index (χ4v) is 2.58. The minimum Gasteiger partial charge on any atom is -0.381 e. The van der Waals surface area contributed by atoms with Crippen molar-refractivity contribution < 1.29 is 46.8 Å². The molecule has 1 aromatic rings. The highest BCUT2D eigenvalue weighted by Gasteiger charge is 2.37. The number of benzene rings is 1. The third kappa shape index (κ3) is 8.71. The van der Waals surface area contributed by atoms with Crippen LogP contribution in [0, 0.1) is 0 Å². The number of rotatable bonds is 12. The first-order chi connectivity index (χ1) is 13.9. The van der Waals surface area contributed by atoms with E-state index >= 15 is 0 Å². The molecule has 0 aliphatic heterocycles. The van der Waals surface area contributed by atoms with Gasteiger partial charge in [-0.1, -0.05) is 0 Å². The molecule has 0 spiro atoms. The zero-order chi connectivity index (χ0) is 22.9. The maximum atomic E-state index is 13.1. The van der Waals surface area contributed by atoms with Gasteiger partial charge in [-0.3, -0.25) is 14.7 Å². The second kappa shape index (κ2) is 11.8. The maximum Gasteiger partial charge on any atom is 0.416 e. The molecule has 0 atom stereocenters. The Morgan fingerprint density at radius 3 is 1.20 bits per heavy atom. The van der Waals surface area contributed by atoms with Gasteiger partial charge >= 0.3 is 12.4 Å². The second-order valence-electron chi connectivity index (χ2n) is 6.54. The Morgan fingerprint density at radius 2 is 0.900 bits per heavy atom. The summed E-state index contributed by atoms with van der Waals surface area (Å²) >= 11 is 0. The Bertz CT molecular complexity index is 589. The van der Waals surface area contributed by atoms with Gasteiger partial charge in [0.2, 0.25) is 0 Å². The van der Waals surface area contributed by atoms with Gasteiger partial charge in [0.1, 0.15) is 0 Å². The first-order valence-corrected chi connectivity index (χ1v) is 8.83. The lowest BCUT2D eigenvalue weighted by molar-refractivity contribution is -0.143. The summed E-state index contributed by atoms with van der Waals surface area (Å²) in [6, 6.07) is 1.31. The van der Waals surface area contributed by atoms with E-state index in [4.69, 9.17) is 20.4 Å². The fraction of sp³-hybridized carbons (Fsp3) is 0.647. The molecule has 0 aromatic heterocycles. The van der Waals surface area contributed by atoms with Crippen LogP contribution in [0.5, 0.6) is 0 Å². The predicted octanol–water partition coefficient (Wildman–Crippen LogP) is 0.929. The van der Waals surface area contributed by atoms with Crippen LogP contribution < -0.4 is 0 Å². The Hall–Kier alpha value is -1.48. The number of hydrogen-bond donors (Lipinski definition) is 4. The lowest BCUT2D eigenvalue weighted by atomic mass is 10.0. The van der Waals surface area contributed by atoms with Crippen molar-refractivity contribution in [1.82, 2.24) is 14.7 Å². The van der Waals surface area contributed by atoms with Crippen molar-refractivity contribution in [3.05, 3.63) is 34.9 Å². The molecule has 0 saturated heterocycles. The summed E-state index contributed by atoms with van der Waals surface area (Å²) in [6.07, 6.45) is -9.92. The van der Waals surface area contributed by atoms with Crippen LogP contribution in [-0.4, -0.2) is 88.2 Å². The summed E-state index contributed by atoms with van der Waals surface area (Å²) in [4.78, 5) is 3.87. The first-order valence-electron chi connectivity index (χ1n) is 8.83. The molecule has 7 nitrogen and oxygen atoms in total. The molecule has 4 N–H and O–H groups in total. The standard InChI is InChI=1S/C17H25F6N3O4/c18-16(19,20)14-5-13(6-15(7-14)17(21,22)23)8-24(1-3-25(9-27)10-28)2-4-26(11-29)12-30/h5-7,27-30H,1-4,8-12H2. The molecule has 0 aliphatic carbocycles. The van der Waals surface area contributed by atoms with Crippen LogP contribution >= 0.6 is 0 Å². The van der Waals surface area contributed by atoms with Gasteiger partial charge in [0.05, 0.1) is 38.1 Å². The first kappa shape index (κ1) is 26.6. The number of alkyl halides is 6. The number of hydrogen-bond acceptors (Lipinski definition) is 7. The number of aliphatic hydroxyl groups is 4. The molecule has 30 heavy (non-hydrogen) atoms. The third-order valence-electron chi connectivity index (χ3n) is 4.32. The Kier molecular flexibility index (Phi) is 10.4.